The lowest BCUT2D eigenvalue weighted by Gasteiger charge is -2.26. The molecule has 6 heteroatoms. The van der Waals surface area contributed by atoms with Crippen LogP contribution in [0.4, 0.5) is 0 Å². The van der Waals surface area contributed by atoms with E-state index in [1.807, 2.05) is 30.3 Å². The summed E-state index contributed by atoms with van der Waals surface area (Å²) in [5.74, 6) is -0.0830. The van der Waals surface area contributed by atoms with E-state index in [0.717, 1.165) is 35.0 Å². The van der Waals surface area contributed by atoms with Crippen LogP contribution in [-0.2, 0) is 21.4 Å². The van der Waals surface area contributed by atoms with Gasteiger partial charge in [0.15, 0.2) is 0 Å². The Bertz CT molecular complexity index is 969. The van der Waals surface area contributed by atoms with Crippen LogP contribution in [0.1, 0.15) is 58.1 Å². The number of carbonyl (C=O) groups is 1. The number of unbranched alkanes of at least 4 members (excludes halogenated alkanes) is 1. The van der Waals surface area contributed by atoms with Crippen molar-refractivity contribution in [2.45, 2.75) is 58.8 Å². The van der Waals surface area contributed by atoms with Crippen molar-refractivity contribution in [3.8, 4) is 11.4 Å². The van der Waals surface area contributed by atoms with Gasteiger partial charge in [0.2, 0.25) is 0 Å². The van der Waals surface area contributed by atoms with E-state index in [9.17, 15) is 9.90 Å². The minimum Gasteiger partial charge on any atom is -0.506 e. The van der Waals surface area contributed by atoms with Crippen LogP contribution in [0, 0.1) is 0 Å². The van der Waals surface area contributed by atoms with Crippen LogP contribution in [0.2, 0.25) is 0 Å². The van der Waals surface area contributed by atoms with Crippen molar-refractivity contribution >= 4 is 17.0 Å². The molecule has 6 nitrogen and oxygen atoms in total. The van der Waals surface area contributed by atoms with Crippen molar-refractivity contribution in [2.24, 2.45) is 0 Å². The van der Waals surface area contributed by atoms with Crippen LogP contribution >= 0.6 is 0 Å². The second kappa shape index (κ2) is 8.64. The van der Waals surface area contributed by atoms with Gasteiger partial charge in [-0.05, 0) is 47.6 Å². The number of fused-ring (bicyclic) bond motifs is 1. The van der Waals surface area contributed by atoms with Gasteiger partial charge in [0, 0.05) is 6.42 Å². The van der Waals surface area contributed by atoms with E-state index in [0.29, 0.717) is 25.1 Å². The molecule has 1 N–H and O–H groups in total. The molecule has 0 amide bonds. The molecule has 2 aromatic carbocycles. The van der Waals surface area contributed by atoms with E-state index in [1.165, 1.54) is 4.80 Å². The van der Waals surface area contributed by atoms with E-state index in [-0.39, 0.29) is 17.1 Å². The van der Waals surface area contributed by atoms with Gasteiger partial charge in [-0.2, -0.15) is 0 Å². The number of ether oxygens (including phenoxy) is 1. The molecule has 0 radical (unpaired) electrons. The van der Waals surface area contributed by atoms with Crippen LogP contribution in [0.25, 0.3) is 16.7 Å². The quantitative estimate of drug-likeness (QED) is 0.463. The van der Waals surface area contributed by atoms with Crippen molar-refractivity contribution < 1.29 is 14.6 Å². The summed E-state index contributed by atoms with van der Waals surface area (Å²) in [6.45, 7) is 8.77. The summed E-state index contributed by atoms with van der Waals surface area (Å²) >= 11 is 0. The lowest BCUT2D eigenvalue weighted by molar-refractivity contribution is -0.143. The van der Waals surface area contributed by atoms with Crippen molar-refractivity contribution in [3.05, 3.63) is 47.5 Å². The van der Waals surface area contributed by atoms with Gasteiger partial charge in [-0.15, -0.1) is 15.0 Å². The highest BCUT2D eigenvalue weighted by Crippen LogP contribution is 2.37. The molecule has 1 aromatic heterocycles. The van der Waals surface area contributed by atoms with Crippen LogP contribution in [-0.4, -0.2) is 32.7 Å². The number of phenols is 1. The van der Waals surface area contributed by atoms with E-state index < -0.39 is 0 Å². The van der Waals surface area contributed by atoms with Crippen molar-refractivity contribution in [2.75, 3.05) is 6.61 Å². The summed E-state index contributed by atoms with van der Waals surface area (Å²) in [7, 11) is 0. The molecule has 29 heavy (non-hydrogen) atoms. The molecule has 3 rings (SSSR count). The van der Waals surface area contributed by atoms with Gasteiger partial charge >= 0.3 is 5.97 Å². The molecule has 0 saturated carbocycles. The summed E-state index contributed by atoms with van der Waals surface area (Å²) in [5, 5.41) is 19.8. The third-order valence-corrected chi connectivity index (χ3v) is 4.84. The number of hydrogen-bond donors (Lipinski definition) is 1. The number of carbonyl (C=O) groups excluding carboxylic acids is 1. The second-order valence-corrected chi connectivity index (χ2v) is 8.27. The zero-order chi connectivity index (χ0) is 21.0. The Morgan fingerprint density at radius 1 is 1.10 bits per heavy atom. The van der Waals surface area contributed by atoms with Gasteiger partial charge in [-0.1, -0.05) is 52.3 Å². The van der Waals surface area contributed by atoms with Crippen molar-refractivity contribution in [1.29, 1.82) is 0 Å². The summed E-state index contributed by atoms with van der Waals surface area (Å²) in [4.78, 5) is 13.6. The zero-order valence-corrected chi connectivity index (χ0v) is 17.6. The minimum atomic E-state index is -0.282. The van der Waals surface area contributed by atoms with E-state index in [2.05, 4.69) is 37.9 Å². The van der Waals surface area contributed by atoms with E-state index in [1.54, 1.807) is 6.07 Å². The molecule has 1 heterocycles. The van der Waals surface area contributed by atoms with Crippen LogP contribution in [0.3, 0.4) is 0 Å². The minimum absolute atomic E-state index is 0.115. The molecule has 0 atom stereocenters. The molecule has 0 aliphatic carbocycles. The molecule has 0 unspecified atom stereocenters. The number of aromatic hydroxyl groups is 1. The molecule has 0 spiro atoms. The van der Waals surface area contributed by atoms with E-state index >= 15 is 0 Å². The summed E-state index contributed by atoms with van der Waals surface area (Å²) in [5.41, 5.74) is 3.71. The Labute approximate surface area is 171 Å². The average Bonchev–Trinajstić information content (AvgIpc) is 3.10. The zero-order valence-electron chi connectivity index (χ0n) is 17.6. The highest BCUT2D eigenvalue weighted by Gasteiger charge is 2.27. The normalized spacial score (nSPS) is 11.7. The lowest BCUT2D eigenvalue weighted by Crippen LogP contribution is -2.20. The van der Waals surface area contributed by atoms with Crippen LogP contribution < -0.4 is 0 Å². The number of aryl methyl sites for hydroxylation is 1. The molecular formula is C23H29N3O3. The van der Waals surface area contributed by atoms with Gasteiger partial charge in [0.1, 0.15) is 22.5 Å². The fourth-order valence-corrected chi connectivity index (χ4v) is 3.47. The fraction of sp³-hybridized carbons (Fsp3) is 0.435. The molecule has 0 aliphatic heterocycles. The predicted molar refractivity (Wildman–Crippen MR) is 113 cm³/mol. The average molecular weight is 396 g/mol. The Morgan fingerprint density at radius 2 is 1.76 bits per heavy atom. The van der Waals surface area contributed by atoms with E-state index in [4.69, 9.17) is 4.74 Å². The van der Waals surface area contributed by atoms with Gasteiger partial charge in [0.05, 0.1) is 6.61 Å². The summed E-state index contributed by atoms with van der Waals surface area (Å²) in [6.07, 6.45) is 2.70. The molecule has 154 valence electrons. The molecule has 0 saturated heterocycles. The number of esters is 1. The number of aromatic nitrogens is 3. The van der Waals surface area contributed by atoms with Gasteiger partial charge < -0.3 is 9.84 Å². The van der Waals surface area contributed by atoms with Gasteiger partial charge in [0.25, 0.3) is 0 Å². The topological polar surface area (TPSA) is 77.2 Å². The maximum atomic E-state index is 12.1. The van der Waals surface area contributed by atoms with Gasteiger partial charge in [-0.25, -0.2) is 0 Å². The number of hydrogen-bond acceptors (Lipinski definition) is 5. The Kier molecular flexibility index (Phi) is 6.20. The predicted octanol–water partition coefficient (Wildman–Crippen LogP) is 4.70. The highest BCUT2D eigenvalue weighted by atomic mass is 16.5. The third kappa shape index (κ3) is 4.75. The first kappa shape index (κ1) is 20.8. The fourth-order valence-electron chi connectivity index (χ4n) is 3.47. The maximum Gasteiger partial charge on any atom is 0.306 e. The Morgan fingerprint density at radius 3 is 2.34 bits per heavy atom. The first-order valence-corrected chi connectivity index (χ1v) is 10.1. The summed E-state index contributed by atoms with van der Waals surface area (Å²) in [6, 6.07) is 11.1. The monoisotopic (exact) mass is 395 g/mol. The number of benzene rings is 2. The molecular weight excluding hydrogens is 366 g/mol. The third-order valence-electron chi connectivity index (χ3n) is 4.84. The Hall–Kier alpha value is -2.89. The SMILES string of the molecule is CCCCOC(=O)CCc1ccc(O)c(-n2nc3ccccc3n2)c1C(C)(C)C. The molecule has 0 fully saturated rings. The van der Waals surface area contributed by atoms with Crippen molar-refractivity contribution in [1.82, 2.24) is 15.0 Å². The number of nitrogens with zero attached hydrogens (tertiary/aromatic N) is 3. The second-order valence-electron chi connectivity index (χ2n) is 8.27. The Balaban J connectivity index is 1.98. The number of phenolic OH excluding ortho intramolecular Hbond substituents is 1. The first-order chi connectivity index (χ1) is 13.8. The smallest absolute Gasteiger partial charge is 0.306 e. The largest absolute Gasteiger partial charge is 0.506 e. The lowest BCUT2D eigenvalue weighted by atomic mass is 9.81. The first-order valence-electron chi connectivity index (χ1n) is 10.1. The molecule has 0 aliphatic rings. The molecule has 0 bridgehead atoms. The summed E-state index contributed by atoms with van der Waals surface area (Å²) < 4.78 is 5.29. The standard InChI is InChI=1S/C23H29N3O3/c1-5-6-15-29-20(28)14-12-16-11-13-19(27)22(21(16)23(2,3)4)26-24-17-9-7-8-10-18(17)25-26/h7-11,13,27H,5-6,12,14-15H2,1-4H3. The number of rotatable bonds is 7. The molecule has 3 aromatic rings. The van der Waals surface area contributed by atoms with Crippen molar-refractivity contribution in [3.63, 3.8) is 0 Å². The van der Waals surface area contributed by atoms with Crippen LogP contribution in [0.5, 0.6) is 5.75 Å². The highest BCUT2D eigenvalue weighted by molar-refractivity contribution is 5.74. The maximum absolute atomic E-state index is 12.1. The van der Waals surface area contributed by atoms with Gasteiger partial charge in [-0.3, -0.25) is 4.79 Å². The van der Waals surface area contributed by atoms with Crippen LogP contribution in [0.15, 0.2) is 36.4 Å².